The van der Waals surface area contributed by atoms with Crippen LogP contribution < -0.4 is 15.6 Å². The Morgan fingerprint density at radius 2 is 1.92 bits per heavy atom. The van der Waals surface area contributed by atoms with Gasteiger partial charge in [-0.2, -0.15) is 0 Å². The molecular formula is C19H16F2N2O3. The van der Waals surface area contributed by atoms with E-state index >= 15 is 0 Å². The summed E-state index contributed by atoms with van der Waals surface area (Å²) in [5.41, 5.74) is 0.924. The summed E-state index contributed by atoms with van der Waals surface area (Å²) >= 11 is 0. The van der Waals surface area contributed by atoms with Crippen molar-refractivity contribution < 1.29 is 18.3 Å². The number of hydrogen-bond acceptors (Lipinski definition) is 3. The normalized spacial score (nSPS) is 10.7. The second-order valence-electron chi connectivity index (χ2n) is 5.71. The van der Waals surface area contributed by atoms with Crippen LogP contribution in [0.2, 0.25) is 0 Å². The first-order valence-corrected chi connectivity index (χ1v) is 7.91. The average molecular weight is 358 g/mol. The summed E-state index contributed by atoms with van der Waals surface area (Å²) in [7, 11) is 1.54. The zero-order valence-electron chi connectivity index (χ0n) is 13.9. The van der Waals surface area contributed by atoms with Crippen LogP contribution >= 0.6 is 0 Å². The van der Waals surface area contributed by atoms with Gasteiger partial charge in [0.05, 0.1) is 12.6 Å². The van der Waals surface area contributed by atoms with Crippen LogP contribution in [0, 0.1) is 11.6 Å². The lowest BCUT2D eigenvalue weighted by Crippen LogP contribution is -2.27. The van der Waals surface area contributed by atoms with Gasteiger partial charge in [0.2, 0.25) is 0 Å². The van der Waals surface area contributed by atoms with E-state index in [2.05, 4.69) is 10.3 Å². The lowest BCUT2D eigenvalue weighted by Gasteiger charge is -2.07. The molecule has 3 rings (SSSR count). The Morgan fingerprint density at radius 1 is 1.12 bits per heavy atom. The van der Waals surface area contributed by atoms with Gasteiger partial charge in [0.25, 0.3) is 11.5 Å². The fourth-order valence-corrected chi connectivity index (χ4v) is 2.59. The summed E-state index contributed by atoms with van der Waals surface area (Å²) in [5.74, 6) is -1.99. The van der Waals surface area contributed by atoms with Crippen molar-refractivity contribution in [2.45, 2.75) is 6.42 Å². The smallest absolute Gasteiger partial charge is 0.251 e. The highest BCUT2D eigenvalue weighted by molar-refractivity contribution is 5.94. The van der Waals surface area contributed by atoms with Gasteiger partial charge in [-0.1, -0.05) is 0 Å². The lowest BCUT2D eigenvalue weighted by atomic mass is 10.1. The number of pyridine rings is 1. The third-order valence-electron chi connectivity index (χ3n) is 3.99. The number of aromatic amines is 1. The topological polar surface area (TPSA) is 71.2 Å². The van der Waals surface area contributed by atoms with Crippen molar-refractivity contribution >= 4 is 16.8 Å². The van der Waals surface area contributed by atoms with Crippen LogP contribution in [0.15, 0.2) is 47.3 Å². The van der Waals surface area contributed by atoms with Crippen LogP contribution in [0.1, 0.15) is 15.9 Å². The predicted octanol–water partition coefficient (Wildman–Crippen LogP) is 2.79. The third-order valence-corrected chi connectivity index (χ3v) is 3.99. The number of rotatable bonds is 5. The van der Waals surface area contributed by atoms with Gasteiger partial charge < -0.3 is 15.0 Å². The van der Waals surface area contributed by atoms with E-state index in [4.69, 9.17) is 4.74 Å². The largest absolute Gasteiger partial charge is 0.497 e. The molecule has 26 heavy (non-hydrogen) atoms. The summed E-state index contributed by atoms with van der Waals surface area (Å²) in [6.07, 6.45) is 0.298. The molecule has 0 fully saturated rings. The second-order valence-corrected chi connectivity index (χ2v) is 5.71. The maximum Gasteiger partial charge on any atom is 0.251 e. The first-order chi connectivity index (χ1) is 12.5. The first-order valence-electron chi connectivity index (χ1n) is 7.91. The Kier molecular flexibility index (Phi) is 4.97. The number of amides is 1. The number of carbonyl (C=O) groups excluding carboxylic acids is 1. The van der Waals surface area contributed by atoms with Crippen LogP contribution in [0.5, 0.6) is 5.75 Å². The highest BCUT2D eigenvalue weighted by atomic mass is 19.2. The zero-order valence-corrected chi connectivity index (χ0v) is 13.9. The maximum absolute atomic E-state index is 13.2. The first kappa shape index (κ1) is 17.6. The molecule has 0 unspecified atom stereocenters. The number of carbonyl (C=O) groups is 1. The molecule has 5 nitrogen and oxygen atoms in total. The van der Waals surface area contributed by atoms with Crippen molar-refractivity contribution in [3.05, 3.63) is 75.6 Å². The summed E-state index contributed by atoms with van der Waals surface area (Å²) in [4.78, 5) is 26.9. The van der Waals surface area contributed by atoms with Crippen molar-refractivity contribution in [3.63, 3.8) is 0 Å². The van der Waals surface area contributed by atoms with Gasteiger partial charge >= 0.3 is 0 Å². The molecule has 0 bridgehead atoms. The highest BCUT2D eigenvalue weighted by Crippen LogP contribution is 2.18. The Morgan fingerprint density at radius 3 is 2.65 bits per heavy atom. The van der Waals surface area contributed by atoms with Crippen LogP contribution in [0.3, 0.4) is 0 Å². The second kappa shape index (κ2) is 7.35. The molecule has 2 aromatic carbocycles. The number of hydrogen-bond donors (Lipinski definition) is 2. The van der Waals surface area contributed by atoms with Crippen molar-refractivity contribution in [1.29, 1.82) is 0 Å². The number of fused-ring (bicyclic) bond motifs is 1. The summed E-state index contributed by atoms with van der Waals surface area (Å²) in [6, 6.07) is 10.0. The van der Waals surface area contributed by atoms with E-state index in [1.807, 2.05) is 6.07 Å². The lowest BCUT2D eigenvalue weighted by molar-refractivity contribution is 0.0953. The number of aromatic nitrogens is 1. The molecule has 1 aromatic heterocycles. The fraction of sp³-hybridized carbons (Fsp3) is 0.158. The zero-order chi connectivity index (χ0) is 18.7. The monoisotopic (exact) mass is 358 g/mol. The standard InChI is InChI=1S/C19H16F2N2O3/c1-26-14-4-2-11-8-13(19(25)23-17(11)10-14)6-7-22-18(24)12-3-5-15(20)16(21)9-12/h2-5,8-10H,6-7H2,1H3,(H,22,24)(H,23,25). The SMILES string of the molecule is COc1ccc2cc(CCNC(=O)c3ccc(F)c(F)c3)c(=O)[nH]c2c1. The quantitative estimate of drug-likeness (QED) is 0.737. The molecule has 0 atom stereocenters. The number of H-pyrrole nitrogens is 1. The Labute approximate surface area is 147 Å². The van der Waals surface area contributed by atoms with Gasteiger partial charge in [-0.15, -0.1) is 0 Å². The molecular weight excluding hydrogens is 342 g/mol. The van der Waals surface area contributed by atoms with Crippen LogP contribution in [-0.2, 0) is 6.42 Å². The minimum atomic E-state index is -1.08. The van der Waals surface area contributed by atoms with Crippen molar-refractivity contribution in [3.8, 4) is 5.75 Å². The van der Waals surface area contributed by atoms with Crippen molar-refractivity contribution in [2.75, 3.05) is 13.7 Å². The average Bonchev–Trinajstić information content (AvgIpc) is 2.63. The molecule has 0 saturated carbocycles. The van der Waals surface area contributed by atoms with Crippen LogP contribution in [0.4, 0.5) is 8.78 Å². The minimum absolute atomic E-state index is 0.0171. The summed E-state index contributed by atoms with van der Waals surface area (Å²) in [5, 5.41) is 3.43. The molecule has 7 heteroatoms. The fourth-order valence-electron chi connectivity index (χ4n) is 2.59. The van der Waals surface area contributed by atoms with Gasteiger partial charge in [0.1, 0.15) is 5.75 Å². The maximum atomic E-state index is 13.2. The number of ether oxygens (including phenoxy) is 1. The minimum Gasteiger partial charge on any atom is -0.497 e. The Hall–Kier alpha value is -3.22. The molecule has 0 radical (unpaired) electrons. The van der Waals surface area contributed by atoms with E-state index in [1.54, 1.807) is 25.3 Å². The summed E-state index contributed by atoms with van der Waals surface area (Å²) < 4.78 is 31.2. The van der Waals surface area contributed by atoms with Crippen LogP contribution in [-0.4, -0.2) is 24.5 Å². The van der Waals surface area contributed by atoms with E-state index in [0.717, 1.165) is 17.5 Å². The van der Waals surface area contributed by atoms with Gasteiger partial charge in [-0.05, 0) is 48.2 Å². The summed E-state index contributed by atoms with van der Waals surface area (Å²) in [6.45, 7) is 0.183. The molecule has 1 heterocycles. The van der Waals surface area contributed by atoms with E-state index < -0.39 is 17.5 Å². The molecule has 0 saturated heterocycles. The van der Waals surface area contributed by atoms with Gasteiger partial charge in [0.15, 0.2) is 11.6 Å². The highest BCUT2D eigenvalue weighted by Gasteiger charge is 2.10. The number of halogens is 2. The van der Waals surface area contributed by atoms with Crippen LogP contribution in [0.25, 0.3) is 10.9 Å². The predicted molar refractivity (Wildman–Crippen MR) is 93.5 cm³/mol. The molecule has 3 aromatic rings. The molecule has 2 N–H and O–H groups in total. The molecule has 0 spiro atoms. The van der Waals surface area contributed by atoms with Crippen molar-refractivity contribution in [2.24, 2.45) is 0 Å². The Balaban J connectivity index is 1.69. The van der Waals surface area contributed by atoms with Crippen molar-refractivity contribution in [1.82, 2.24) is 10.3 Å². The van der Waals surface area contributed by atoms with E-state index in [-0.39, 0.29) is 17.7 Å². The number of nitrogens with one attached hydrogen (secondary N) is 2. The van der Waals surface area contributed by atoms with E-state index in [0.29, 0.717) is 23.3 Å². The molecule has 0 aliphatic carbocycles. The molecule has 0 aliphatic heterocycles. The number of methoxy groups -OCH3 is 1. The number of benzene rings is 2. The van der Waals surface area contributed by atoms with E-state index in [9.17, 15) is 18.4 Å². The Bertz CT molecular complexity index is 1030. The van der Waals surface area contributed by atoms with Gasteiger partial charge in [-0.25, -0.2) is 8.78 Å². The van der Waals surface area contributed by atoms with Gasteiger partial charge in [-0.3, -0.25) is 9.59 Å². The molecule has 1 amide bonds. The van der Waals surface area contributed by atoms with Gasteiger partial charge in [0, 0.05) is 23.7 Å². The third kappa shape index (κ3) is 3.72. The molecule has 134 valence electrons. The van der Waals surface area contributed by atoms with E-state index in [1.165, 1.54) is 6.07 Å². The molecule has 0 aliphatic rings.